The summed E-state index contributed by atoms with van der Waals surface area (Å²) in [5.41, 5.74) is -6.26. The van der Waals surface area contributed by atoms with E-state index in [1.54, 1.807) is 0 Å². The van der Waals surface area contributed by atoms with Gasteiger partial charge in [-0.2, -0.15) is 39.5 Å². The number of likely N-dealkylation sites (tertiary alicyclic amines) is 1. The lowest BCUT2D eigenvalue weighted by Gasteiger charge is -2.37. The van der Waals surface area contributed by atoms with Crippen molar-refractivity contribution in [3.63, 3.8) is 0 Å². The minimum absolute atomic E-state index is 0.0208. The van der Waals surface area contributed by atoms with Crippen LogP contribution in [0.4, 0.5) is 43.9 Å². The number of carbonyl (C=O) groups is 2. The van der Waals surface area contributed by atoms with Gasteiger partial charge in [0.15, 0.2) is 0 Å². The molecule has 234 valence electrons. The molecule has 0 spiro atoms. The molecule has 2 amide bonds. The Bertz CT molecular complexity index is 1470. The maximum absolute atomic E-state index is 14.7. The van der Waals surface area contributed by atoms with Gasteiger partial charge in [0.2, 0.25) is 5.91 Å². The number of hydrogen-bond acceptors (Lipinski definition) is 4. The maximum Gasteiger partial charge on any atom is 0.435 e. The topological polar surface area (TPSA) is 71.0 Å². The fourth-order valence-electron chi connectivity index (χ4n) is 4.89. The van der Waals surface area contributed by atoms with Crippen LogP contribution in [-0.4, -0.2) is 53.9 Å². The zero-order valence-corrected chi connectivity index (χ0v) is 22.5. The van der Waals surface area contributed by atoms with Gasteiger partial charge < -0.3 is 15.1 Å². The Kier molecular flexibility index (Phi) is 8.41. The minimum atomic E-state index is -5.41. The molecular formula is C26H20ClF10N3O3. The van der Waals surface area contributed by atoms with Crippen LogP contribution < -0.4 is 5.32 Å². The third-order valence-electron chi connectivity index (χ3n) is 7.00. The van der Waals surface area contributed by atoms with Gasteiger partial charge in [0.1, 0.15) is 12.4 Å². The van der Waals surface area contributed by atoms with Gasteiger partial charge in [-0.3, -0.25) is 9.59 Å². The Balaban J connectivity index is 1.55. The third kappa shape index (κ3) is 6.68. The Hall–Kier alpha value is -3.56. The fourth-order valence-corrected chi connectivity index (χ4v) is 5.11. The van der Waals surface area contributed by atoms with E-state index in [-0.39, 0.29) is 47.5 Å². The van der Waals surface area contributed by atoms with Crippen molar-refractivity contribution >= 4 is 29.1 Å². The van der Waals surface area contributed by atoms with Crippen LogP contribution in [0.1, 0.15) is 51.9 Å². The fraction of sp³-hybridized carbons (Fsp3) is 0.423. The van der Waals surface area contributed by atoms with E-state index in [4.69, 9.17) is 16.4 Å². The van der Waals surface area contributed by atoms with Crippen molar-refractivity contribution in [2.75, 3.05) is 13.1 Å². The molecule has 1 saturated heterocycles. The minimum Gasteiger partial charge on any atom is -0.374 e. The summed E-state index contributed by atoms with van der Waals surface area (Å²) >= 11 is 5.50. The van der Waals surface area contributed by atoms with Gasteiger partial charge in [-0.05, 0) is 48.7 Å². The number of benzene rings is 2. The zero-order chi connectivity index (χ0) is 32.1. The molecule has 2 aromatic rings. The second-order valence-electron chi connectivity index (χ2n) is 10.1. The molecule has 0 aliphatic carbocycles. The van der Waals surface area contributed by atoms with E-state index in [0.29, 0.717) is 4.90 Å². The van der Waals surface area contributed by atoms with E-state index in [1.807, 2.05) is 0 Å². The van der Waals surface area contributed by atoms with Gasteiger partial charge in [0, 0.05) is 30.5 Å². The summed E-state index contributed by atoms with van der Waals surface area (Å²) in [4.78, 5) is 29.9. The van der Waals surface area contributed by atoms with Crippen LogP contribution in [-0.2, 0) is 21.4 Å². The number of rotatable bonds is 5. The van der Waals surface area contributed by atoms with Gasteiger partial charge in [-0.15, -0.1) is 0 Å². The second-order valence-corrected chi connectivity index (χ2v) is 10.5. The van der Waals surface area contributed by atoms with Crippen molar-refractivity contribution in [3.05, 3.63) is 69.0 Å². The van der Waals surface area contributed by atoms with Gasteiger partial charge in [-0.25, -0.2) is 4.39 Å². The van der Waals surface area contributed by atoms with E-state index in [0.717, 1.165) is 0 Å². The van der Waals surface area contributed by atoms with Gasteiger partial charge >= 0.3 is 18.5 Å². The van der Waals surface area contributed by atoms with Crippen molar-refractivity contribution in [2.45, 2.75) is 56.4 Å². The quantitative estimate of drug-likeness (QED) is 0.369. The summed E-state index contributed by atoms with van der Waals surface area (Å²) in [5, 5.41) is 4.76. The molecule has 2 atom stereocenters. The van der Waals surface area contributed by atoms with E-state index in [2.05, 4.69) is 10.5 Å². The summed E-state index contributed by atoms with van der Waals surface area (Å²) in [7, 11) is 0. The molecule has 4 rings (SSSR count). The molecule has 1 N–H and O–H groups in total. The smallest absolute Gasteiger partial charge is 0.374 e. The van der Waals surface area contributed by atoms with Crippen LogP contribution >= 0.6 is 11.6 Å². The molecule has 0 saturated carbocycles. The molecule has 2 heterocycles. The van der Waals surface area contributed by atoms with Crippen molar-refractivity contribution in [1.29, 1.82) is 0 Å². The zero-order valence-electron chi connectivity index (χ0n) is 21.8. The van der Waals surface area contributed by atoms with Crippen molar-refractivity contribution < 1.29 is 58.3 Å². The molecular weight excluding hydrogens is 628 g/mol. The number of carbonyl (C=O) groups excluding carboxylic acids is 2. The highest BCUT2D eigenvalue weighted by atomic mass is 35.5. The van der Waals surface area contributed by atoms with E-state index in [9.17, 15) is 53.5 Å². The lowest BCUT2D eigenvalue weighted by atomic mass is 9.84. The summed E-state index contributed by atoms with van der Waals surface area (Å²) in [6.07, 6.45) is -17.1. The number of aryl methyl sites for hydroxylation is 1. The highest BCUT2D eigenvalue weighted by molar-refractivity contribution is 6.30. The average molecular weight is 648 g/mol. The predicted molar refractivity (Wildman–Crippen MR) is 131 cm³/mol. The molecule has 2 aliphatic rings. The lowest BCUT2D eigenvalue weighted by molar-refractivity contribution is -0.292. The van der Waals surface area contributed by atoms with Crippen molar-refractivity contribution in [2.24, 2.45) is 5.16 Å². The molecule has 17 heteroatoms. The Morgan fingerprint density at radius 3 is 2.33 bits per heavy atom. The Morgan fingerprint density at radius 1 is 1.12 bits per heavy atom. The maximum atomic E-state index is 14.7. The Morgan fingerprint density at radius 2 is 1.79 bits per heavy atom. The highest BCUT2D eigenvalue weighted by Crippen LogP contribution is 2.50. The number of alkyl halides is 9. The first-order valence-electron chi connectivity index (χ1n) is 12.4. The van der Waals surface area contributed by atoms with E-state index in [1.165, 1.54) is 25.1 Å². The van der Waals surface area contributed by atoms with E-state index >= 15 is 0 Å². The van der Waals surface area contributed by atoms with Gasteiger partial charge in [0.25, 0.3) is 11.5 Å². The number of nitrogens with zero attached hydrogens (tertiary/aromatic N) is 2. The number of nitrogens with one attached hydrogen (secondary N) is 1. The van der Waals surface area contributed by atoms with Crippen molar-refractivity contribution in [1.82, 2.24) is 10.2 Å². The van der Waals surface area contributed by atoms with Crippen molar-refractivity contribution in [3.8, 4) is 0 Å². The molecule has 0 radical (unpaired) electrons. The monoisotopic (exact) mass is 647 g/mol. The first kappa shape index (κ1) is 32.4. The summed E-state index contributed by atoms with van der Waals surface area (Å²) in [6.45, 7) is -0.356. The lowest BCUT2D eigenvalue weighted by Crippen LogP contribution is -2.47. The van der Waals surface area contributed by atoms with Crippen LogP contribution in [0.2, 0.25) is 5.02 Å². The molecule has 2 aliphatic heterocycles. The molecule has 1 fully saturated rings. The van der Waals surface area contributed by atoms with Crippen LogP contribution in [0.25, 0.3) is 0 Å². The normalized spacial score (nSPS) is 21.5. The first-order valence-corrected chi connectivity index (χ1v) is 12.7. The average Bonchev–Trinajstić information content (AvgIpc) is 3.20. The van der Waals surface area contributed by atoms with Crippen LogP contribution in [0.3, 0.4) is 0 Å². The molecule has 0 unspecified atom stereocenters. The molecule has 0 bridgehead atoms. The van der Waals surface area contributed by atoms with Gasteiger partial charge in [0.05, 0.1) is 22.3 Å². The summed E-state index contributed by atoms with van der Waals surface area (Å²) in [6, 6.07) is 3.17. The largest absolute Gasteiger partial charge is 0.435 e. The van der Waals surface area contributed by atoms with Gasteiger partial charge in [-0.1, -0.05) is 22.8 Å². The van der Waals surface area contributed by atoms with E-state index < -0.39 is 83.3 Å². The SMILES string of the molecule is Cc1cc(C2=NO[C@](c3cc(C(F)(F)F)cc(Cl)c3F)(C(F)(F)F)CC2)ccc1C(=O)N[C@H]1CC(=O)N(CC(F)(F)F)C1. The molecule has 43 heavy (non-hydrogen) atoms. The molecule has 0 aromatic heterocycles. The molecule has 6 nitrogen and oxygen atoms in total. The Labute approximate surface area is 241 Å². The first-order chi connectivity index (χ1) is 19.7. The number of oxime groups is 1. The predicted octanol–water partition coefficient (Wildman–Crippen LogP) is 6.67. The highest BCUT2D eigenvalue weighted by Gasteiger charge is 2.62. The number of hydrogen-bond donors (Lipinski definition) is 1. The molecule has 2 aromatic carbocycles. The summed E-state index contributed by atoms with van der Waals surface area (Å²) < 4.78 is 135. The standard InChI is InChI=1S/C26H20ClF10N3O3/c1-12-6-13(2-3-16(12)22(42)38-15-9-20(41)40(10-15)11-24(29,30)31)19-4-5-23(43-39-19,26(35,36)37)17-7-14(25(32,33)34)8-18(27)21(17)28/h2-3,6-8,15H,4-5,9-11H2,1H3,(H,38,42)/t15-,23+/m0/s1. The number of amides is 2. The number of halogens is 11. The van der Waals surface area contributed by atoms with Crippen LogP contribution in [0.5, 0.6) is 0 Å². The van der Waals surface area contributed by atoms with Crippen LogP contribution in [0, 0.1) is 12.7 Å². The summed E-state index contributed by atoms with van der Waals surface area (Å²) in [5.74, 6) is -3.25. The second kappa shape index (κ2) is 11.2. The third-order valence-corrected chi connectivity index (χ3v) is 7.27. The van der Waals surface area contributed by atoms with Crippen LogP contribution in [0.15, 0.2) is 35.5 Å².